The first-order valence-corrected chi connectivity index (χ1v) is 4.12. The SMILES string of the molecule is [O-][N+](=NO)c1ccc2ccccc2c1. The van der Waals surface area contributed by atoms with E-state index < -0.39 is 0 Å². The van der Waals surface area contributed by atoms with Crippen LogP contribution in [0.1, 0.15) is 0 Å². The Hall–Kier alpha value is -2.10. The number of fused-ring (bicyclic) bond motifs is 1. The minimum Gasteiger partial charge on any atom is -0.592 e. The maximum atomic E-state index is 11.0. The monoisotopic (exact) mass is 188 g/mol. The molecule has 4 nitrogen and oxygen atoms in total. The highest BCUT2D eigenvalue weighted by atomic mass is 16.6. The summed E-state index contributed by atoms with van der Waals surface area (Å²) in [6, 6.07) is 12.7. The number of nitrogens with zero attached hydrogens (tertiary/aromatic N) is 2. The maximum Gasteiger partial charge on any atom is 0.248 e. The summed E-state index contributed by atoms with van der Waals surface area (Å²) in [5.74, 6) is 0. The molecule has 0 spiro atoms. The van der Waals surface area contributed by atoms with Gasteiger partial charge >= 0.3 is 0 Å². The van der Waals surface area contributed by atoms with Gasteiger partial charge in [0.1, 0.15) is 0 Å². The molecule has 0 heterocycles. The van der Waals surface area contributed by atoms with Gasteiger partial charge < -0.3 is 10.4 Å². The molecule has 0 amide bonds. The maximum absolute atomic E-state index is 11.0. The van der Waals surface area contributed by atoms with Gasteiger partial charge in [0.2, 0.25) is 11.0 Å². The lowest BCUT2D eigenvalue weighted by atomic mass is 10.1. The Morgan fingerprint density at radius 2 is 1.79 bits per heavy atom. The van der Waals surface area contributed by atoms with Crippen LogP contribution in [0.5, 0.6) is 0 Å². The van der Waals surface area contributed by atoms with Crippen LogP contribution in [0, 0.1) is 5.21 Å². The topological polar surface area (TPSA) is 58.7 Å². The predicted molar refractivity (Wildman–Crippen MR) is 51.4 cm³/mol. The van der Waals surface area contributed by atoms with E-state index in [0.717, 1.165) is 10.8 Å². The quantitative estimate of drug-likeness (QED) is 0.425. The van der Waals surface area contributed by atoms with Crippen molar-refractivity contribution in [1.82, 2.24) is 0 Å². The first-order chi connectivity index (χ1) is 6.81. The molecule has 0 bridgehead atoms. The number of hydrogen-bond acceptors (Lipinski definition) is 2. The summed E-state index contributed by atoms with van der Waals surface area (Å²) in [4.78, 5) is 0.173. The second-order valence-corrected chi connectivity index (χ2v) is 2.89. The van der Waals surface area contributed by atoms with Crippen LogP contribution in [0.4, 0.5) is 5.69 Å². The molecule has 0 aliphatic heterocycles. The molecule has 0 unspecified atom stereocenters. The van der Waals surface area contributed by atoms with Gasteiger partial charge in [-0.15, -0.1) is 0 Å². The second-order valence-electron chi connectivity index (χ2n) is 2.89. The molecule has 0 aliphatic rings. The molecule has 1 N–H and O–H groups in total. The zero-order chi connectivity index (χ0) is 9.97. The van der Waals surface area contributed by atoms with Crippen molar-refractivity contribution in [1.29, 1.82) is 0 Å². The molecule has 0 saturated heterocycles. The molecule has 2 aromatic carbocycles. The first kappa shape index (κ1) is 8.50. The molecule has 0 radical (unpaired) electrons. The average molecular weight is 188 g/mol. The normalized spacial score (nSPS) is 11.9. The predicted octanol–water partition coefficient (Wildman–Crippen LogP) is 2.82. The Kier molecular flexibility index (Phi) is 2.02. The van der Waals surface area contributed by atoms with E-state index in [-0.39, 0.29) is 4.86 Å². The first-order valence-electron chi connectivity index (χ1n) is 4.12. The molecular formula is C10H8N2O2. The smallest absolute Gasteiger partial charge is 0.248 e. The largest absolute Gasteiger partial charge is 0.592 e. The molecule has 0 aromatic heterocycles. The summed E-state index contributed by atoms with van der Waals surface area (Å²) < 4.78 is 0. The fourth-order valence-corrected chi connectivity index (χ4v) is 1.35. The van der Waals surface area contributed by atoms with E-state index in [0.29, 0.717) is 5.69 Å². The van der Waals surface area contributed by atoms with Crippen molar-refractivity contribution in [2.45, 2.75) is 0 Å². The third kappa shape index (κ3) is 1.37. The zero-order valence-electron chi connectivity index (χ0n) is 7.29. The number of benzene rings is 2. The van der Waals surface area contributed by atoms with Crippen LogP contribution in [-0.2, 0) is 0 Å². The Morgan fingerprint density at radius 3 is 2.50 bits per heavy atom. The Balaban J connectivity index is 2.62. The Labute approximate surface area is 80.3 Å². The molecule has 2 rings (SSSR count). The summed E-state index contributed by atoms with van der Waals surface area (Å²) in [6.07, 6.45) is 0. The van der Waals surface area contributed by atoms with Crippen LogP contribution >= 0.6 is 0 Å². The molecule has 14 heavy (non-hydrogen) atoms. The molecular weight excluding hydrogens is 180 g/mol. The summed E-state index contributed by atoms with van der Waals surface area (Å²) >= 11 is 0. The minimum absolute atomic E-state index is 0.173. The lowest BCUT2D eigenvalue weighted by Gasteiger charge is -1.99. The van der Waals surface area contributed by atoms with Gasteiger partial charge in [0.25, 0.3) is 0 Å². The van der Waals surface area contributed by atoms with Gasteiger partial charge in [0, 0.05) is 12.1 Å². The highest BCUT2D eigenvalue weighted by Gasteiger charge is 2.03. The Bertz CT molecular complexity index is 494. The van der Waals surface area contributed by atoms with Crippen molar-refractivity contribution in [3.63, 3.8) is 0 Å². The zero-order valence-corrected chi connectivity index (χ0v) is 7.29. The van der Waals surface area contributed by atoms with Gasteiger partial charge in [0.05, 0.1) is 0 Å². The van der Waals surface area contributed by atoms with Crippen molar-refractivity contribution in [3.05, 3.63) is 47.7 Å². The van der Waals surface area contributed by atoms with Gasteiger partial charge in [-0.05, 0) is 21.7 Å². The van der Waals surface area contributed by atoms with Crippen LogP contribution in [0.3, 0.4) is 0 Å². The van der Waals surface area contributed by atoms with Crippen molar-refractivity contribution in [2.75, 3.05) is 0 Å². The van der Waals surface area contributed by atoms with E-state index in [1.165, 1.54) is 0 Å². The standard InChI is InChI=1S/C10H8N2O2/c13-11-12(14)10-6-5-8-3-1-2-4-9(8)7-10/h1-7,13H. The van der Waals surface area contributed by atoms with Crippen LogP contribution in [0.2, 0.25) is 0 Å². The molecule has 0 aliphatic carbocycles. The van der Waals surface area contributed by atoms with E-state index in [4.69, 9.17) is 5.21 Å². The van der Waals surface area contributed by atoms with Crippen LogP contribution < -0.4 is 0 Å². The van der Waals surface area contributed by atoms with Crippen LogP contribution in [-0.4, -0.2) is 10.1 Å². The summed E-state index contributed by atoms with van der Waals surface area (Å²) in [5, 5.41) is 23.8. The third-order valence-corrected chi connectivity index (χ3v) is 2.04. The van der Waals surface area contributed by atoms with Crippen molar-refractivity contribution < 1.29 is 10.1 Å². The van der Waals surface area contributed by atoms with Gasteiger partial charge in [-0.25, -0.2) is 0 Å². The number of rotatable bonds is 1. The summed E-state index contributed by atoms with van der Waals surface area (Å²) in [6.45, 7) is 0. The van der Waals surface area contributed by atoms with Gasteiger partial charge in [0.15, 0.2) is 0 Å². The third-order valence-electron chi connectivity index (χ3n) is 2.04. The molecule has 4 heteroatoms. The fraction of sp³-hybridized carbons (Fsp3) is 0. The molecule has 0 fully saturated rings. The van der Waals surface area contributed by atoms with Gasteiger partial charge in [-0.3, -0.25) is 0 Å². The Morgan fingerprint density at radius 1 is 1.07 bits per heavy atom. The van der Waals surface area contributed by atoms with Gasteiger partial charge in [-0.1, -0.05) is 24.3 Å². The van der Waals surface area contributed by atoms with Crippen LogP contribution in [0.25, 0.3) is 10.8 Å². The van der Waals surface area contributed by atoms with Crippen molar-refractivity contribution in [2.24, 2.45) is 5.28 Å². The summed E-state index contributed by atoms with van der Waals surface area (Å²) in [5.41, 5.74) is 0.311. The van der Waals surface area contributed by atoms with E-state index in [1.54, 1.807) is 18.2 Å². The molecule has 2 aromatic rings. The fourth-order valence-electron chi connectivity index (χ4n) is 1.35. The lowest BCUT2D eigenvalue weighted by Crippen LogP contribution is -1.89. The molecule has 0 saturated carbocycles. The van der Waals surface area contributed by atoms with E-state index >= 15 is 0 Å². The second kappa shape index (κ2) is 3.33. The summed E-state index contributed by atoms with van der Waals surface area (Å²) in [7, 11) is 0. The van der Waals surface area contributed by atoms with E-state index in [9.17, 15) is 5.21 Å². The van der Waals surface area contributed by atoms with E-state index in [1.807, 2.05) is 24.3 Å². The van der Waals surface area contributed by atoms with Gasteiger partial charge in [-0.2, -0.15) is 0 Å². The van der Waals surface area contributed by atoms with Crippen LogP contribution in [0.15, 0.2) is 47.7 Å². The van der Waals surface area contributed by atoms with Crippen molar-refractivity contribution >= 4 is 16.5 Å². The minimum atomic E-state index is 0.173. The lowest BCUT2D eigenvalue weighted by molar-refractivity contribution is -0.473. The van der Waals surface area contributed by atoms with Crippen molar-refractivity contribution in [3.8, 4) is 0 Å². The molecule has 70 valence electrons. The highest BCUT2D eigenvalue weighted by Crippen LogP contribution is 2.20. The highest BCUT2D eigenvalue weighted by molar-refractivity contribution is 5.84. The van der Waals surface area contributed by atoms with E-state index in [2.05, 4.69) is 5.28 Å². The number of hydrogen-bond donors (Lipinski definition) is 1. The average Bonchev–Trinajstić information content (AvgIpc) is 2.27. The molecule has 0 atom stereocenters.